The highest BCUT2D eigenvalue weighted by atomic mass is 19.4. The van der Waals surface area contributed by atoms with Gasteiger partial charge in [-0.05, 0) is 38.1 Å². The first-order chi connectivity index (χ1) is 8.92. The minimum absolute atomic E-state index is 0.0442. The first kappa shape index (κ1) is 14.3. The number of hydrogen-bond donors (Lipinski definition) is 1. The number of fused-ring (bicyclic) bond motifs is 1. The fourth-order valence-electron chi connectivity index (χ4n) is 2.97. The Morgan fingerprint density at radius 2 is 2.00 bits per heavy atom. The van der Waals surface area contributed by atoms with E-state index in [0.29, 0.717) is 0 Å². The van der Waals surface area contributed by atoms with E-state index in [2.05, 4.69) is 11.4 Å². The van der Waals surface area contributed by atoms with Gasteiger partial charge in [0.15, 0.2) is 0 Å². The van der Waals surface area contributed by atoms with Crippen LogP contribution < -0.4 is 5.32 Å². The Balaban J connectivity index is 2.20. The highest BCUT2D eigenvalue weighted by molar-refractivity contribution is 5.33. The van der Waals surface area contributed by atoms with Crippen LogP contribution >= 0.6 is 0 Å². The molecule has 0 radical (unpaired) electrons. The predicted molar refractivity (Wildman–Crippen MR) is 69.0 cm³/mol. The lowest BCUT2D eigenvalue weighted by atomic mass is 9.83. The molecule has 0 fully saturated rings. The Hall–Kier alpha value is -1.07. The molecule has 0 amide bonds. The van der Waals surface area contributed by atoms with Crippen molar-refractivity contribution >= 4 is 0 Å². The van der Waals surface area contributed by atoms with Gasteiger partial charge in [0.2, 0.25) is 0 Å². The molecule has 0 spiro atoms. The van der Waals surface area contributed by atoms with Gasteiger partial charge in [0.1, 0.15) is 0 Å². The summed E-state index contributed by atoms with van der Waals surface area (Å²) in [6, 6.07) is 7.81. The van der Waals surface area contributed by atoms with Gasteiger partial charge in [-0.25, -0.2) is 0 Å². The van der Waals surface area contributed by atoms with Crippen LogP contribution in [0.25, 0.3) is 0 Å². The number of rotatable bonds is 3. The Labute approximate surface area is 111 Å². The highest BCUT2D eigenvalue weighted by Gasteiger charge is 2.36. The van der Waals surface area contributed by atoms with E-state index in [1.54, 1.807) is 14.1 Å². The fourth-order valence-corrected chi connectivity index (χ4v) is 2.97. The quantitative estimate of drug-likeness (QED) is 0.910. The lowest BCUT2D eigenvalue weighted by Gasteiger charge is -2.39. The van der Waals surface area contributed by atoms with Gasteiger partial charge >= 0.3 is 6.18 Å². The number of nitrogens with zero attached hydrogens (tertiary/aromatic N) is 1. The van der Waals surface area contributed by atoms with E-state index < -0.39 is 12.7 Å². The standard InChI is InChI=1S/C14H19F3N2/c1-18-13-11-6-4-3-5-10(11)7-8-12(13)19(2)9-14(15,16)17/h3-6,12-13,18H,7-9H2,1-2H3. The number of halogens is 3. The summed E-state index contributed by atoms with van der Waals surface area (Å²) in [6.07, 6.45) is -2.57. The number of nitrogens with one attached hydrogen (secondary N) is 1. The van der Waals surface area contributed by atoms with Crippen LogP contribution in [0.2, 0.25) is 0 Å². The molecule has 1 N–H and O–H groups in total. The lowest BCUT2D eigenvalue weighted by Crippen LogP contribution is -2.47. The number of hydrogen-bond acceptors (Lipinski definition) is 2. The maximum atomic E-state index is 12.5. The molecule has 1 aliphatic rings. The van der Waals surface area contributed by atoms with Crippen LogP contribution in [0.15, 0.2) is 24.3 Å². The summed E-state index contributed by atoms with van der Waals surface area (Å²) < 4.78 is 37.6. The SMILES string of the molecule is CNC1c2ccccc2CCC1N(C)CC(F)(F)F. The molecule has 19 heavy (non-hydrogen) atoms. The molecule has 0 heterocycles. The van der Waals surface area contributed by atoms with E-state index in [1.807, 2.05) is 18.2 Å². The second kappa shape index (κ2) is 5.51. The molecule has 5 heteroatoms. The minimum atomic E-state index is -4.15. The number of alkyl halides is 3. The van der Waals surface area contributed by atoms with Gasteiger partial charge in [0.05, 0.1) is 6.54 Å². The van der Waals surface area contributed by atoms with E-state index in [9.17, 15) is 13.2 Å². The van der Waals surface area contributed by atoms with E-state index >= 15 is 0 Å². The number of likely N-dealkylation sites (N-methyl/N-ethyl adjacent to an activating group) is 2. The molecule has 1 aromatic carbocycles. The molecule has 106 valence electrons. The van der Waals surface area contributed by atoms with Crippen LogP contribution in [0.1, 0.15) is 23.6 Å². The first-order valence-corrected chi connectivity index (χ1v) is 6.44. The van der Waals surface area contributed by atoms with E-state index in [-0.39, 0.29) is 12.1 Å². The zero-order chi connectivity index (χ0) is 14.0. The summed E-state index contributed by atoms with van der Waals surface area (Å²) in [4.78, 5) is 1.41. The zero-order valence-corrected chi connectivity index (χ0v) is 11.2. The van der Waals surface area contributed by atoms with Crippen molar-refractivity contribution in [3.63, 3.8) is 0 Å². The van der Waals surface area contributed by atoms with Gasteiger partial charge in [-0.15, -0.1) is 0 Å². The highest BCUT2D eigenvalue weighted by Crippen LogP contribution is 2.33. The van der Waals surface area contributed by atoms with Crippen molar-refractivity contribution in [2.45, 2.75) is 31.1 Å². The van der Waals surface area contributed by atoms with Crippen molar-refractivity contribution in [2.24, 2.45) is 0 Å². The van der Waals surface area contributed by atoms with Crippen molar-refractivity contribution in [1.82, 2.24) is 10.2 Å². The largest absolute Gasteiger partial charge is 0.401 e. The Bertz CT molecular complexity index is 431. The Morgan fingerprint density at radius 1 is 1.32 bits per heavy atom. The fraction of sp³-hybridized carbons (Fsp3) is 0.571. The first-order valence-electron chi connectivity index (χ1n) is 6.44. The third-order valence-corrected chi connectivity index (χ3v) is 3.79. The normalized spacial score (nSPS) is 23.5. The molecule has 2 nitrogen and oxygen atoms in total. The molecule has 2 atom stereocenters. The molecule has 2 unspecified atom stereocenters. The summed E-state index contributed by atoms with van der Waals surface area (Å²) in [5.41, 5.74) is 2.36. The minimum Gasteiger partial charge on any atom is -0.312 e. The van der Waals surface area contributed by atoms with Crippen LogP contribution in [0, 0.1) is 0 Å². The lowest BCUT2D eigenvalue weighted by molar-refractivity contribution is -0.149. The zero-order valence-electron chi connectivity index (χ0n) is 11.2. The van der Waals surface area contributed by atoms with Crippen molar-refractivity contribution in [3.05, 3.63) is 35.4 Å². The van der Waals surface area contributed by atoms with E-state index in [4.69, 9.17) is 0 Å². The average Bonchev–Trinajstić information content (AvgIpc) is 2.35. The predicted octanol–water partition coefficient (Wildman–Crippen LogP) is 2.76. The molecule has 0 bridgehead atoms. The van der Waals surface area contributed by atoms with Gasteiger partial charge < -0.3 is 5.32 Å². The summed E-state index contributed by atoms with van der Waals surface area (Å²) >= 11 is 0. The molecule has 0 aliphatic heterocycles. The second-order valence-corrected chi connectivity index (χ2v) is 5.10. The summed E-state index contributed by atoms with van der Waals surface area (Å²) in [5.74, 6) is 0. The smallest absolute Gasteiger partial charge is 0.312 e. The van der Waals surface area contributed by atoms with E-state index in [1.165, 1.54) is 10.5 Å². The van der Waals surface area contributed by atoms with Crippen molar-refractivity contribution in [1.29, 1.82) is 0 Å². The molecule has 0 saturated carbocycles. The van der Waals surface area contributed by atoms with Crippen molar-refractivity contribution in [2.75, 3.05) is 20.6 Å². The van der Waals surface area contributed by atoms with E-state index in [0.717, 1.165) is 18.4 Å². The molecule has 0 aromatic heterocycles. The summed E-state index contributed by atoms with van der Waals surface area (Å²) in [6.45, 7) is -0.863. The van der Waals surface area contributed by atoms with Crippen LogP contribution in [-0.2, 0) is 6.42 Å². The number of aryl methyl sites for hydroxylation is 1. The van der Waals surface area contributed by atoms with Gasteiger partial charge in [-0.3, -0.25) is 4.90 Å². The van der Waals surface area contributed by atoms with Gasteiger partial charge in [0.25, 0.3) is 0 Å². The third kappa shape index (κ3) is 3.28. The molecule has 2 rings (SSSR count). The van der Waals surface area contributed by atoms with Crippen LogP contribution in [0.4, 0.5) is 13.2 Å². The Kier molecular flexibility index (Phi) is 4.16. The maximum Gasteiger partial charge on any atom is 0.401 e. The van der Waals surface area contributed by atoms with Crippen molar-refractivity contribution < 1.29 is 13.2 Å². The molecular formula is C14H19F3N2. The third-order valence-electron chi connectivity index (χ3n) is 3.79. The molecule has 1 aromatic rings. The second-order valence-electron chi connectivity index (χ2n) is 5.10. The monoisotopic (exact) mass is 272 g/mol. The van der Waals surface area contributed by atoms with Crippen LogP contribution in [0.5, 0.6) is 0 Å². The van der Waals surface area contributed by atoms with Crippen LogP contribution in [-0.4, -0.2) is 37.8 Å². The summed E-state index contributed by atoms with van der Waals surface area (Å²) in [7, 11) is 3.36. The number of benzene rings is 1. The molecule has 0 saturated heterocycles. The molecule has 1 aliphatic carbocycles. The van der Waals surface area contributed by atoms with Gasteiger partial charge in [-0.2, -0.15) is 13.2 Å². The summed E-state index contributed by atoms with van der Waals surface area (Å²) in [5, 5.41) is 3.17. The molecular weight excluding hydrogens is 253 g/mol. The van der Waals surface area contributed by atoms with Crippen LogP contribution in [0.3, 0.4) is 0 Å². The maximum absolute atomic E-state index is 12.5. The van der Waals surface area contributed by atoms with Crippen molar-refractivity contribution in [3.8, 4) is 0 Å². The Morgan fingerprint density at radius 3 is 2.63 bits per heavy atom. The average molecular weight is 272 g/mol. The topological polar surface area (TPSA) is 15.3 Å². The van der Waals surface area contributed by atoms with Gasteiger partial charge in [0, 0.05) is 12.1 Å². The van der Waals surface area contributed by atoms with Gasteiger partial charge in [-0.1, -0.05) is 24.3 Å².